The summed E-state index contributed by atoms with van der Waals surface area (Å²) in [4.78, 5) is 25.6. The second kappa shape index (κ2) is 7.02. The first kappa shape index (κ1) is 18.3. The molecule has 0 radical (unpaired) electrons. The molecule has 3 rings (SSSR count). The Hall–Kier alpha value is -2.49. The highest BCUT2D eigenvalue weighted by atomic mass is 35.5. The third-order valence-corrected chi connectivity index (χ3v) is 5.24. The molecule has 1 aromatic carbocycles. The van der Waals surface area contributed by atoms with Crippen LogP contribution in [0.2, 0.25) is 5.02 Å². The number of aryl methyl sites for hydroxylation is 1. The van der Waals surface area contributed by atoms with Crippen LogP contribution in [0.3, 0.4) is 0 Å². The van der Waals surface area contributed by atoms with Crippen LogP contribution in [0.4, 0.5) is 9.18 Å². The van der Waals surface area contributed by atoms with Crippen molar-refractivity contribution in [1.82, 2.24) is 9.47 Å². The summed E-state index contributed by atoms with van der Waals surface area (Å²) in [5.74, 6) is 1.43. The van der Waals surface area contributed by atoms with Gasteiger partial charge in [-0.25, -0.2) is 4.39 Å². The van der Waals surface area contributed by atoms with Crippen LogP contribution < -0.4 is 0 Å². The van der Waals surface area contributed by atoms with Crippen molar-refractivity contribution in [1.29, 1.82) is 0 Å². The summed E-state index contributed by atoms with van der Waals surface area (Å²) in [6.45, 7) is 3.72. The normalized spacial score (nSPS) is 15.8. The molecule has 7 heteroatoms. The van der Waals surface area contributed by atoms with Gasteiger partial charge in [-0.1, -0.05) is 17.5 Å². The van der Waals surface area contributed by atoms with E-state index >= 15 is 0 Å². The molecule has 2 heterocycles. The lowest BCUT2D eigenvalue weighted by Crippen LogP contribution is -2.28. The first-order valence-corrected chi connectivity index (χ1v) is 8.86. The average molecular weight is 389 g/mol. The molecular weight excluding hydrogens is 375 g/mol. The highest BCUT2D eigenvalue weighted by molar-refractivity contribution is 8.18. The molecule has 1 aliphatic heterocycles. The molecule has 1 saturated heterocycles. The summed E-state index contributed by atoms with van der Waals surface area (Å²) in [5.41, 5.74) is 3.23. The standard InChI is InChI=1S/C19H14ClFN2O2S/c1-4-7-22-18(24)17(26-19(22)25)9-13-8-11(2)23(12(13)3)14-5-6-16(21)15(20)10-14/h1,5-6,8-10H,7H2,2-3H3/b17-9-. The molecule has 1 aliphatic rings. The molecule has 0 N–H and O–H groups in total. The zero-order valence-corrected chi connectivity index (χ0v) is 15.6. The zero-order valence-electron chi connectivity index (χ0n) is 14.0. The Bertz CT molecular complexity index is 1000. The Labute approximate surface area is 159 Å². The van der Waals surface area contributed by atoms with Gasteiger partial charge in [0.15, 0.2) is 0 Å². The maximum Gasteiger partial charge on any atom is 0.294 e. The number of rotatable bonds is 3. The van der Waals surface area contributed by atoms with E-state index in [0.717, 1.165) is 33.6 Å². The molecule has 0 aliphatic carbocycles. The van der Waals surface area contributed by atoms with Crippen LogP contribution in [0.15, 0.2) is 29.2 Å². The number of halogens is 2. The third kappa shape index (κ3) is 3.16. The number of carbonyl (C=O) groups is 2. The Morgan fingerprint density at radius 3 is 2.69 bits per heavy atom. The lowest BCUT2D eigenvalue weighted by Gasteiger charge is -2.10. The van der Waals surface area contributed by atoms with Crippen molar-refractivity contribution in [2.75, 3.05) is 6.54 Å². The van der Waals surface area contributed by atoms with Crippen LogP contribution in [0.1, 0.15) is 17.0 Å². The molecule has 26 heavy (non-hydrogen) atoms. The molecule has 0 saturated carbocycles. The smallest absolute Gasteiger partial charge is 0.294 e. The fourth-order valence-corrected chi connectivity index (χ4v) is 3.83. The predicted octanol–water partition coefficient (Wildman–Crippen LogP) is 4.56. The quantitative estimate of drug-likeness (QED) is 0.572. The summed E-state index contributed by atoms with van der Waals surface area (Å²) < 4.78 is 15.3. The Morgan fingerprint density at radius 2 is 2.04 bits per heavy atom. The Balaban J connectivity index is 2.01. The number of imide groups is 1. The van der Waals surface area contributed by atoms with Crippen LogP contribution in [0.5, 0.6) is 0 Å². The van der Waals surface area contributed by atoms with Gasteiger partial charge in [0.05, 0.1) is 16.5 Å². The fraction of sp³-hybridized carbons (Fsp3) is 0.158. The van der Waals surface area contributed by atoms with Crippen molar-refractivity contribution < 1.29 is 14.0 Å². The SMILES string of the molecule is C#CCN1C(=O)S/C(=C\c2cc(C)n(-c3ccc(F)c(Cl)c3)c2C)C1=O. The number of amides is 2. The van der Waals surface area contributed by atoms with Gasteiger partial charge in [0.1, 0.15) is 5.82 Å². The van der Waals surface area contributed by atoms with Crippen LogP contribution in [0.25, 0.3) is 11.8 Å². The monoisotopic (exact) mass is 388 g/mol. The van der Waals surface area contributed by atoms with Crippen LogP contribution in [-0.4, -0.2) is 27.2 Å². The van der Waals surface area contributed by atoms with E-state index in [1.54, 1.807) is 18.2 Å². The molecule has 132 valence electrons. The minimum Gasteiger partial charge on any atom is -0.318 e. The van der Waals surface area contributed by atoms with E-state index in [0.29, 0.717) is 10.6 Å². The molecule has 4 nitrogen and oxygen atoms in total. The predicted molar refractivity (Wildman–Crippen MR) is 102 cm³/mol. The zero-order chi connectivity index (χ0) is 19.0. The second-order valence-corrected chi connectivity index (χ2v) is 7.13. The Kier molecular flexibility index (Phi) is 4.94. The van der Waals surface area contributed by atoms with E-state index in [1.165, 1.54) is 6.07 Å². The molecule has 2 amide bonds. The number of thioether (sulfide) groups is 1. The van der Waals surface area contributed by atoms with E-state index < -0.39 is 11.7 Å². The van der Waals surface area contributed by atoms with Crippen molar-refractivity contribution in [3.8, 4) is 18.0 Å². The summed E-state index contributed by atoms with van der Waals surface area (Å²) in [6, 6.07) is 6.37. The van der Waals surface area contributed by atoms with Crippen LogP contribution in [0, 0.1) is 32.0 Å². The van der Waals surface area contributed by atoms with Gasteiger partial charge in [-0.15, -0.1) is 6.42 Å². The maximum atomic E-state index is 13.4. The third-order valence-electron chi connectivity index (χ3n) is 4.04. The highest BCUT2D eigenvalue weighted by Crippen LogP contribution is 2.33. The molecule has 0 unspecified atom stereocenters. The van der Waals surface area contributed by atoms with Crippen molar-refractivity contribution >= 4 is 40.6 Å². The second-order valence-electron chi connectivity index (χ2n) is 5.73. The topological polar surface area (TPSA) is 42.3 Å². The average Bonchev–Trinajstić information content (AvgIpc) is 3.01. The summed E-state index contributed by atoms with van der Waals surface area (Å²) in [5, 5.41) is -0.342. The number of aromatic nitrogens is 1. The lowest BCUT2D eigenvalue weighted by molar-refractivity contribution is -0.122. The van der Waals surface area contributed by atoms with Crippen molar-refractivity contribution in [3.05, 3.63) is 57.0 Å². The van der Waals surface area contributed by atoms with E-state index in [-0.39, 0.29) is 16.8 Å². The van der Waals surface area contributed by atoms with Gasteiger partial charge in [-0.05, 0) is 61.5 Å². The van der Waals surface area contributed by atoms with Gasteiger partial charge in [-0.3, -0.25) is 14.5 Å². The first-order chi connectivity index (χ1) is 12.3. The lowest BCUT2D eigenvalue weighted by atomic mass is 10.2. The maximum absolute atomic E-state index is 13.4. The van der Waals surface area contributed by atoms with Gasteiger partial charge in [0, 0.05) is 17.1 Å². The largest absolute Gasteiger partial charge is 0.318 e. The van der Waals surface area contributed by atoms with E-state index in [2.05, 4.69) is 5.92 Å². The number of hydrogen-bond donors (Lipinski definition) is 0. The van der Waals surface area contributed by atoms with Crippen LogP contribution in [-0.2, 0) is 4.79 Å². The molecular formula is C19H14ClFN2O2S. The summed E-state index contributed by atoms with van der Waals surface area (Å²) in [7, 11) is 0. The number of carbonyl (C=O) groups excluding carboxylic acids is 2. The van der Waals surface area contributed by atoms with E-state index in [9.17, 15) is 14.0 Å². The van der Waals surface area contributed by atoms with Gasteiger partial charge in [0.2, 0.25) is 0 Å². The number of benzene rings is 1. The minimum atomic E-state index is -0.486. The summed E-state index contributed by atoms with van der Waals surface area (Å²) >= 11 is 6.75. The number of hydrogen-bond acceptors (Lipinski definition) is 3. The number of nitrogens with zero attached hydrogens (tertiary/aromatic N) is 2. The van der Waals surface area contributed by atoms with Crippen LogP contribution >= 0.6 is 23.4 Å². The van der Waals surface area contributed by atoms with E-state index in [4.69, 9.17) is 18.0 Å². The van der Waals surface area contributed by atoms with Crippen molar-refractivity contribution in [2.45, 2.75) is 13.8 Å². The number of terminal acetylenes is 1. The Morgan fingerprint density at radius 1 is 1.31 bits per heavy atom. The summed E-state index contributed by atoms with van der Waals surface area (Å²) in [6.07, 6.45) is 6.87. The molecule has 1 fully saturated rings. The van der Waals surface area contributed by atoms with Crippen molar-refractivity contribution in [3.63, 3.8) is 0 Å². The first-order valence-electron chi connectivity index (χ1n) is 7.66. The van der Waals surface area contributed by atoms with Gasteiger partial charge in [0.25, 0.3) is 11.1 Å². The van der Waals surface area contributed by atoms with Gasteiger partial charge < -0.3 is 4.57 Å². The minimum absolute atomic E-state index is 0.0342. The van der Waals surface area contributed by atoms with E-state index in [1.807, 2.05) is 24.5 Å². The fourth-order valence-electron chi connectivity index (χ4n) is 2.82. The molecule has 0 atom stereocenters. The molecule has 0 spiro atoms. The highest BCUT2D eigenvalue weighted by Gasteiger charge is 2.34. The van der Waals surface area contributed by atoms with Crippen molar-refractivity contribution in [2.24, 2.45) is 0 Å². The van der Waals surface area contributed by atoms with Gasteiger partial charge in [-0.2, -0.15) is 0 Å². The molecule has 0 bridgehead atoms. The molecule has 2 aromatic rings. The molecule has 1 aromatic heterocycles. The van der Waals surface area contributed by atoms with Gasteiger partial charge >= 0.3 is 0 Å².